The van der Waals surface area contributed by atoms with Crippen LogP contribution in [0, 0.1) is 5.82 Å². The number of aryl methyl sites for hydroxylation is 1. The van der Waals surface area contributed by atoms with Crippen molar-refractivity contribution in [2.24, 2.45) is 0 Å². The number of morpholine rings is 1. The van der Waals surface area contributed by atoms with Gasteiger partial charge in [-0.1, -0.05) is 6.07 Å². The van der Waals surface area contributed by atoms with Crippen molar-refractivity contribution in [2.75, 3.05) is 40.0 Å². The molecule has 1 heterocycles. The summed E-state index contributed by atoms with van der Waals surface area (Å²) < 4.78 is 23.6. The molecule has 18 heavy (non-hydrogen) atoms. The van der Waals surface area contributed by atoms with Crippen molar-refractivity contribution in [1.29, 1.82) is 0 Å². The van der Waals surface area contributed by atoms with E-state index in [4.69, 9.17) is 9.47 Å². The molecule has 0 aliphatic carbocycles. The Morgan fingerprint density at radius 1 is 1.33 bits per heavy atom. The molecule has 1 saturated heterocycles. The van der Waals surface area contributed by atoms with E-state index in [-0.39, 0.29) is 5.82 Å². The number of benzene rings is 1. The number of methoxy groups -OCH3 is 1. The SMILES string of the molecule is COc1cc(F)ccc1CCCN1CCOCC1. The zero-order chi connectivity index (χ0) is 12.8. The van der Waals surface area contributed by atoms with E-state index < -0.39 is 0 Å². The lowest BCUT2D eigenvalue weighted by Crippen LogP contribution is -2.36. The number of rotatable bonds is 5. The average molecular weight is 253 g/mol. The van der Waals surface area contributed by atoms with Crippen molar-refractivity contribution >= 4 is 0 Å². The standard InChI is InChI=1S/C14H20FNO2/c1-17-14-11-13(15)5-4-12(14)3-2-6-16-7-9-18-10-8-16/h4-5,11H,2-3,6-10H2,1H3. The minimum absolute atomic E-state index is 0.247. The first-order chi connectivity index (χ1) is 8.79. The fraction of sp³-hybridized carbons (Fsp3) is 0.571. The summed E-state index contributed by atoms with van der Waals surface area (Å²) in [6.07, 6.45) is 1.98. The molecule has 1 aliphatic rings. The summed E-state index contributed by atoms with van der Waals surface area (Å²) >= 11 is 0. The van der Waals surface area contributed by atoms with E-state index in [1.165, 1.54) is 12.1 Å². The second-order valence-electron chi connectivity index (χ2n) is 4.51. The van der Waals surface area contributed by atoms with Crippen molar-refractivity contribution in [2.45, 2.75) is 12.8 Å². The van der Waals surface area contributed by atoms with Gasteiger partial charge in [0, 0.05) is 19.2 Å². The second-order valence-corrected chi connectivity index (χ2v) is 4.51. The summed E-state index contributed by atoms with van der Waals surface area (Å²) in [6.45, 7) is 4.75. The predicted molar refractivity (Wildman–Crippen MR) is 68.5 cm³/mol. The molecular weight excluding hydrogens is 233 g/mol. The van der Waals surface area contributed by atoms with Crippen LogP contribution in [0.25, 0.3) is 0 Å². The van der Waals surface area contributed by atoms with Gasteiger partial charge in [0.25, 0.3) is 0 Å². The third-order valence-corrected chi connectivity index (χ3v) is 3.27. The molecule has 0 bridgehead atoms. The molecule has 1 aliphatic heterocycles. The monoisotopic (exact) mass is 253 g/mol. The lowest BCUT2D eigenvalue weighted by molar-refractivity contribution is 0.0374. The third kappa shape index (κ3) is 3.68. The highest BCUT2D eigenvalue weighted by Gasteiger charge is 2.10. The molecule has 0 radical (unpaired) electrons. The van der Waals surface area contributed by atoms with Gasteiger partial charge in [-0.3, -0.25) is 4.90 Å². The maximum Gasteiger partial charge on any atom is 0.126 e. The maximum absolute atomic E-state index is 13.0. The zero-order valence-electron chi connectivity index (χ0n) is 10.8. The Kier molecular flexibility index (Phi) is 4.96. The maximum atomic E-state index is 13.0. The van der Waals surface area contributed by atoms with Crippen molar-refractivity contribution in [3.05, 3.63) is 29.6 Å². The molecule has 0 saturated carbocycles. The summed E-state index contributed by atoms with van der Waals surface area (Å²) in [6, 6.07) is 4.75. The highest BCUT2D eigenvalue weighted by Crippen LogP contribution is 2.21. The minimum Gasteiger partial charge on any atom is -0.496 e. The number of nitrogens with zero attached hydrogens (tertiary/aromatic N) is 1. The Balaban J connectivity index is 1.82. The molecule has 0 aromatic heterocycles. The van der Waals surface area contributed by atoms with Crippen molar-refractivity contribution in [3.8, 4) is 5.75 Å². The van der Waals surface area contributed by atoms with Crippen LogP contribution >= 0.6 is 0 Å². The second kappa shape index (κ2) is 6.71. The van der Waals surface area contributed by atoms with E-state index >= 15 is 0 Å². The van der Waals surface area contributed by atoms with Gasteiger partial charge in [-0.15, -0.1) is 0 Å². The van der Waals surface area contributed by atoms with Crippen molar-refractivity contribution in [1.82, 2.24) is 4.90 Å². The molecule has 1 fully saturated rings. The number of ether oxygens (including phenoxy) is 2. The normalized spacial score (nSPS) is 16.8. The Hall–Kier alpha value is -1.13. The summed E-state index contributed by atoms with van der Waals surface area (Å²) in [5.74, 6) is 0.403. The summed E-state index contributed by atoms with van der Waals surface area (Å²) in [5, 5.41) is 0. The Labute approximate surface area is 107 Å². The van der Waals surface area contributed by atoms with Crippen molar-refractivity contribution < 1.29 is 13.9 Å². The fourth-order valence-corrected chi connectivity index (χ4v) is 2.24. The first kappa shape index (κ1) is 13.3. The topological polar surface area (TPSA) is 21.7 Å². The first-order valence-electron chi connectivity index (χ1n) is 6.42. The summed E-state index contributed by atoms with van der Waals surface area (Å²) in [4.78, 5) is 2.40. The van der Waals surface area contributed by atoms with Crippen molar-refractivity contribution in [3.63, 3.8) is 0 Å². The number of hydrogen-bond acceptors (Lipinski definition) is 3. The quantitative estimate of drug-likeness (QED) is 0.802. The van der Waals surface area contributed by atoms with E-state index in [2.05, 4.69) is 4.90 Å². The van der Waals surface area contributed by atoms with Gasteiger partial charge in [-0.05, 0) is 31.0 Å². The smallest absolute Gasteiger partial charge is 0.126 e. The van der Waals surface area contributed by atoms with Crippen LogP contribution in [-0.2, 0) is 11.2 Å². The molecule has 0 unspecified atom stereocenters. The van der Waals surface area contributed by atoms with Crippen LogP contribution < -0.4 is 4.74 Å². The molecule has 100 valence electrons. The van der Waals surface area contributed by atoms with Crippen LogP contribution in [0.2, 0.25) is 0 Å². The van der Waals surface area contributed by atoms with E-state index in [0.717, 1.165) is 51.3 Å². The first-order valence-corrected chi connectivity index (χ1v) is 6.42. The molecule has 0 N–H and O–H groups in total. The van der Waals surface area contributed by atoms with Crippen LogP contribution in [0.4, 0.5) is 4.39 Å². The Bertz CT molecular complexity index is 378. The van der Waals surface area contributed by atoms with Crippen LogP contribution in [0.3, 0.4) is 0 Å². The van der Waals surface area contributed by atoms with Crippen LogP contribution in [0.1, 0.15) is 12.0 Å². The Morgan fingerprint density at radius 3 is 2.83 bits per heavy atom. The van der Waals surface area contributed by atoms with Gasteiger partial charge in [0.05, 0.1) is 20.3 Å². The molecule has 1 aromatic rings. The molecule has 0 amide bonds. The van der Waals surface area contributed by atoms with Gasteiger partial charge in [0.2, 0.25) is 0 Å². The number of hydrogen-bond donors (Lipinski definition) is 0. The zero-order valence-corrected chi connectivity index (χ0v) is 10.8. The lowest BCUT2D eigenvalue weighted by Gasteiger charge is -2.26. The van der Waals surface area contributed by atoms with E-state index in [1.807, 2.05) is 6.07 Å². The van der Waals surface area contributed by atoms with Gasteiger partial charge in [0.15, 0.2) is 0 Å². The molecule has 0 spiro atoms. The van der Waals surface area contributed by atoms with Crippen LogP contribution in [0.5, 0.6) is 5.75 Å². The molecule has 2 rings (SSSR count). The fourth-order valence-electron chi connectivity index (χ4n) is 2.24. The van der Waals surface area contributed by atoms with Gasteiger partial charge >= 0.3 is 0 Å². The summed E-state index contributed by atoms with van der Waals surface area (Å²) in [5.41, 5.74) is 1.08. The highest BCUT2D eigenvalue weighted by atomic mass is 19.1. The molecular formula is C14H20FNO2. The minimum atomic E-state index is -0.247. The number of halogens is 1. The lowest BCUT2D eigenvalue weighted by atomic mass is 10.1. The molecule has 0 atom stereocenters. The summed E-state index contributed by atoms with van der Waals surface area (Å²) in [7, 11) is 1.58. The third-order valence-electron chi connectivity index (χ3n) is 3.27. The van der Waals surface area contributed by atoms with E-state index in [9.17, 15) is 4.39 Å². The van der Waals surface area contributed by atoms with E-state index in [1.54, 1.807) is 7.11 Å². The molecule has 3 nitrogen and oxygen atoms in total. The predicted octanol–water partition coefficient (Wildman–Crippen LogP) is 2.10. The van der Waals surface area contributed by atoms with Gasteiger partial charge in [-0.2, -0.15) is 0 Å². The average Bonchev–Trinajstić information content (AvgIpc) is 2.41. The van der Waals surface area contributed by atoms with Crippen LogP contribution in [-0.4, -0.2) is 44.9 Å². The molecule has 4 heteroatoms. The largest absolute Gasteiger partial charge is 0.496 e. The van der Waals surface area contributed by atoms with Gasteiger partial charge in [0.1, 0.15) is 11.6 Å². The van der Waals surface area contributed by atoms with Gasteiger partial charge in [-0.25, -0.2) is 4.39 Å². The van der Waals surface area contributed by atoms with Crippen LogP contribution in [0.15, 0.2) is 18.2 Å². The Morgan fingerprint density at radius 2 is 2.11 bits per heavy atom. The molecule has 1 aromatic carbocycles. The van der Waals surface area contributed by atoms with Gasteiger partial charge < -0.3 is 9.47 Å². The highest BCUT2D eigenvalue weighted by molar-refractivity contribution is 5.34. The van der Waals surface area contributed by atoms with E-state index in [0.29, 0.717) is 5.75 Å².